The van der Waals surface area contributed by atoms with Crippen molar-refractivity contribution in [2.24, 2.45) is 0 Å². The zero-order valence-corrected chi connectivity index (χ0v) is 19.4. The van der Waals surface area contributed by atoms with Crippen LogP contribution in [0.1, 0.15) is 45.2 Å². The van der Waals surface area contributed by atoms with Gasteiger partial charge in [-0.05, 0) is 59.6 Å². The molecule has 0 spiro atoms. The molecule has 30 heavy (non-hydrogen) atoms. The van der Waals surface area contributed by atoms with E-state index in [0.717, 1.165) is 11.1 Å². The minimum atomic E-state index is -3.44. The van der Waals surface area contributed by atoms with E-state index < -0.39 is 38.3 Å². The number of aliphatic hydroxyl groups excluding tert-OH is 3. The second-order valence-electron chi connectivity index (χ2n) is 8.33. The lowest BCUT2D eigenvalue weighted by molar-refractivity contribution is -0.272. The molecule has 172 valence electrons. The normalized spacial score (nSPS) is 27.6. The third kappa shape index (κ3) is 6.76. The van der Waals surface area contributed by atoms with Crippen LogP contribution < -0.4 is 4.74 Å². The number of aryl methyl sites for hydroxylation is 2. The summed E-state index contributed by atoms with van der Waals surface area (Å²) in [4.78, 5) is 0. The molecule has 1 aliphatic rings. The molecule has 1 aromatic carbocycles. The van der Waals surface area contributed by atoms with Gasteiger partial charge in [-0.1, -0.05) is 17.7 Å². The fourth-order valence-electron chi connectivity index (χ4n) is 3.37. The van der Waals surface area contributed by atoms with Crippen molar-refractivity contribution in [1.82, 2.24) is 0 Å². The van der Waals surface area contributed by atoms with Gasteiger partial charge in [-0.25, -0.2) is 0 Å². The van der Waals surface area contributed by atoms with E-state index in [1.54, 1.807) is 33.8 Å². The van der Waals surface area contributed by atoms with Crippen molar-refractivity contribution in [3.05, 3.63) is 29.3 Å². The maximum atomic E-state index is 13.1. The van der Waals surface area contributed by atoms with Crippen LogP contribution in [0.2, 0.25) is 0 Å². The maximum Gasteiger partial charge on any atom is 0.331 e. The molecular formula is C21H35O8P. The third-order valence-electron chi connectivity index (χ3n) is 4.67. The second kappa shape index (κ2) is 10.6. The molecular weight excluding hydrogens is 411 g/mol. The Morgan fingerprint density at radius 1 is 1.00 bits per heavy atom. The number of hydrogen-bond acceptors (Lipinski definition) is 8. The standard InChI is InChI=1S/C21H35O8P/c1-12(2)28-30(25,29-13(3)4)10-9-17-18(22)19(23)20(24)21(27-17)26-16-8-7-14(5)11-15(16)6/h7-8,11-13,17-24H,9-10H2,1-6H3/t17-,18-,19+,20+,21+/m1/s1. The van der Waals surface area contributed by atoms with Crippen molar-refractivity contribution in [3.63, 3.8) is 0 Å². The predicted molar refractivity (Wildman–Crippen MR) is 113 cm³/mol. The van der Waals surface area contributed by atoms with Gasteiger partial charge in [-0.15, -0.1) is 0 Å². The van der Waals surface area contributed by atoms with Crippen LogP contribution in [0.25, 0.3) is 0 Å². The van der Waals surface area contributed by atoms with Crippen LogP contribution in [0, 0.1) is 13.8 Å². The van der Waals surface area contributed by atoms with Gasteiger partial charge in [0, 0.05) is 0 Å². The number of ether oxygens (including phenoxy) is 2. The molecule has 1 heterocycles. The van der Waals surface area contributed by atoms with Gasteiger partial charge < -0.3 is 33.8 Å². The van der Waals surface area contributed by atoms with Gasteiger partial charge in [0.15, 0.2) is 0 Å². The third-order valence-corrected chi connectivity index (χ3v) is 6.96. The van der Waals surface area contributed by atoms with Crippen molar-refractivity contribution in [3.8, 4) is 5.75 Å². The SMILES string of the molecule is Cc1ccc(O[C@H]2O[C@H](CCP(=O)(OC(C)C)OC(C)C)[C@@H](O)[C@H](O)[C@@H]2O)c(C)c1. The topological polar surface area (TPSA) is 115 Å². The summed E-state index contributed by atoms with van der Waals surface area (Å²) in [6.45, 7) is 10.9. The van der Waals surface area contributed by atoms with E-state index >= 15 is 0 Å². The summed E-state index contributed by atoms with van der Waals surface area (Å²) in [6, 6.07) is 5.55. The van der Waals surface area contributed by atoms with E-state index in [9.17, 15) is 19.9 Å². The fraction of sp³-hybridized carbons (Fsp3) is 0.714. The molecule has 2 rings (SSSR count). The van der Waals surface area contributed by atoms with Crippen LogP contribution in [0.5, 0.6) is 5.75 Å². The van der Waals surface area contributed by atoms with Gasteiger partial charge in [-0.2, -0.15) is 0 Å². The average Bonchev–Trinajstić information content (AvgIpc) is 2.61. The Balaban J connectivity index is 2.12. The molecule has 0 amide bonds. The first kappa shape index (κ1) is 25.3. The molecule has 3 N–H and O–H groups in total. The monoisotopic (exact) mass is 446 g/mol. The van der Waals surface area contributed by atoms with E-state index in [4.69, 9.17) is 18.5 Å². The summed E-state index contributed by atoms with van der Waals surface area (Å²) in [5, 5.41) is 31.0. The van der Waals surface area contributed by atoms with Crippen LogP contribution in [0.4, 0.5) is 0 Å². The Labute approximate surface area is 178 Å². The first-order valence-electron chi connectivity index (χ1n) is 10.3. The maximum absolute atomic E-state index is 13.1. The van der Waals surface area contributed by atoms with Gasteiger partial charge in [0.1, 0.15) is 24.1 Å². The lowest BCUT2D eigenvalue weighted by Crippen LogP contribution is -2.59. The van der Waals surface area contributed by atoms with Gasteiger partial charge >= 0.3 is 7.60 Å². The fourth-order valence-corrected chi connectivity index (χ4v) is 5.48. The highest BCUT2D eigenvalue weighted by Crippen LogP contribution is 2.51. The lowest BCUT2D eigenvalue weighted by Gasteiger charge is -2.40. The predicted octanol–water partition coefficient (Wildman–Crippen LogP) is 2.92. The summed E-state index contributed by atoms with van der Waals surface area (Å²) in [6.07, 6.45) is -6.92. The van der Waals surface area contributed by atoms with Gasteiger partial charge in [0.25, 0.3) is 0 Å². The van der Waals surface area contributed by atoms with Crippen LogP contribution in [-0.4, -0.2) is 64.4 Å². The van der Waals surface area contributed by atoms with Crippen molar-refractivity contribution in [2.45, 2.75) is 90.9 Å². The van der Waals surface area contributed by atoms with Crippen molar-refractivity contribution in [1.29, 1.82) is 0 Å². The smallest absolute Gasteiger partial charge is 0.331 e. The van der Waals surface area contributed by atoms with Crippen molar-refractivity contribution >= 4 is 7.60 Å². The number of hydrogen-bond donors (Lipinski definition) is 3. The summed E-state index contributed by atoms with van der Waals surface area (Å²) >= 11 is 0. The van der Waals surface area contributed by atoms with E-state index in [1.165, 1.54) is 0 Å². The largest absolute Gasteiger partial charge is 0.462 e. The van der Waals surface area contributed by atoms with E-state index in [-0.39, 0.29) is 24.8 Å². The minimum absolute atomic E-state index is 0.00974. The summed E-state index contributed by atoms with van der Waals surface area (Å²) in [5.41, 5.74) is 1.91. The van der Waals surface area contributed by atoms with Crippen LogP contribution in [0.15, 0.2) is 18.2 Å². The average molecular weight is 446 g/mol. The summed E-state index contributed by atoms with van der Waals surface area (Å²) in [5.74, 6) is 0.504. The Morgan fingerprint density at radius 2 is 1.60 bits per heavy atom. The van der Waals surface area contributed by atoms with Crippen molar-refractivity contribution in [2.75, 3.05) is 6.16 Å². The van der Waals surface area contributed by atoms with Gasteiger partial charge in [0.05, 0.1) is 24.5 Å². The quantitative estimate of drug-likeness (QED) is 0.496. The second-order valence-corrected chi connectivity index (χ2v) is 10.4. The number of benzene rings is 1. The van der Waals surface area contributed by atoms with Crippen LogP contribution >= 0.6 is 7.60 Å². The summed E-state index contributed by atoms with van der Waals surface area (Å²) in [7, 11) is -3.44. The highest BCUT2D eigenvalue weighted by Gasteiger charge is 2.45. The molecule has 1 saturated heterocycles. The molecule has 0 unspecified atom stereocenters. The Morgan fingerprint density at radius 3 is 2.13 bits per heavy atom. The molecule has 1 aliphatic heterocycles. The lowest BCUT2D eigenvalue weighted by atomic mass is 9.97. The molecule has 8 nitrogen and oxygen atoms in total. The minimum Gasteiger partial charge on any atom is -0.462 e. The molecule has 0 bridgehead atoms. The highest BCUT2D eigenvalue weighted by atomic mass is 31.2. The molecule has 0 radical (unpaired) electrons. The van der Waals surface area contributed by atoms with Crippen LogP contribution in [-0.2, 0) is 18.3 Å². The molecule has 0 aromatic heterocycles. The first-order valence-corrected chi connectivity index (χ1v) is 12.0. The Bertz CT molecular complexity index is 724. The number of rotatable bonds is 9. The zero-order chi connectivity index (χ0) is 22.6. The van der Waals surface area contributed by atoms with Gasteiger partial charge in [0.2, 0.25) is 6.29 Å². The Kier molecular flexibility index (Phi) is 8.89. The highest BCUT2D eigenvalue weighted by molar-refractivity contribution is 7.53. The number of aliphatic hydroxyl groups is 3. The van der Waals surface area contributed by atoms with E-state index in [0.29, 0.717) is 5.75 Å². The molecule has 1 aromatic rings. The van der Waals surface area contributed by atoms with E-state index in [2.05, 4.69) is 0 Å². The molecule has 5 atom stereocenters. The van der Waals surface area contributed by atoms with E-state index in [1.807, 2.05) is 26.0 Å². The van der Waals surface area contributed by atoms with Gasteiger partial charge in [-0.3, -0.25) is 4.57 Å². The first-order chi connectivity index (χ1) is 13.9. The summed E-state index contributed by atoms with van der Waals surface area (Å²) < 4.78 is 35.7. The molecule has 0 saturated carbocycles. The molecule has 1 fully saturated rings. The zero-order valence-electron chi connectivity index (χ0n) is 18.5. The Hall–Kier alpha value is -0.990. The molecule has 9 heteroatoms. The van der Waals surface area contributed by atoms with Crippen molar-refractivity contribution < 1.29 is 38.4 Å². The van der Waals surface area contributed by atoms with Crippen LogP contribution in [0.3, 0.4) is 0 Å². The molecule has 0 aliphatic carbocycles.